The number of ether oxygens (including phenoxy) is 1. The molecule has 0 bridgehead atoms. The summed E-state index contributed by atoms with van der Waals surface area (Å²) in [5, 5.41) is 4.26. The van der Waals surface area contributed by atoms with Crippen LogP contribution in [0, 0.1) is 20.8 Å². The van der Waals surface area contributed by atoms with Crippen LogP contribution < -0.4 is 15.0 Å². The Balaban J connectivity index is 1.63. The molecule has 184 valence electrons. The van der Waals surface area contributed by atoms with Crippen LogP contribution in [0.4, 0.5) is 5.69 Å². The van der Waals surface area contributed by atoms with Gasteiger partial charge in [0.2, 0.25) is 0 Å². The van der Waals surface area contributed by atoms with E-state index in [2.05, 4.69) is 84.1 Å². The van der Waals surface area contributed by atoms with Crippen molar-refractivity contribution in [3.63, 3.8) is 0 Å². The maximum atomic E-state index is 5.92. The van der Waals surface area contributed by atoms with Crippen LogP contribution >= 0.6 is 12.2 Å². The Kier molecular flexibility index (Phi) is 6.54. The van der Waals surface area contributed by atoms with E-state index < -0.39 is 0 Å². The lowest BCUT2D eigenvalue weighted by Crippen LogP contribution is -2.29. The molecule has 6 heteroatoms. The number of aromatic nitrogens is 2. The molecule has 1 aliphatic rings. The highest BCUT2D eigenvalue weighted by Gasteiger charge is 2.42. The molecule has 2 aromatic carbocycles. The number of nitrogens with zero attached hydrogens (tertiary/aromatic N) is 3. The molecule has 0 saturated carbocycles. The van der Waals surface area contributed by atoms with Gasteiger partial charge < -0.3 is 19.5 Å². The number of hydrogen-bond donors (Lipinski definition) is 1. The van der Waals surface area contributed by atoms with Crippen molar-refractivity contribution in [3.05, 3.63) is 107 Å². The van der Waals surface area contributed by atoms with Crippen LogP contribution in [-0.2, 0) is 0 Å². The molecule has 0 aliphatic carbocycles. The molecule has 4 aromatic rings. The van der Waals surface area contributed by atoms with Gasteiger partial charge in [-0.15, -0.1) is 0 Å². The summed E-state index contributed by atoms with van der Waals surface area (Å²) < 4.78 is 8.21. The monoisotopic (exact) mass is 496 g/mol. The molecule has 1 saturated heterocycles. The number of rotatable bonds is 6. The summed E-state index contributed by atoms with van der Waals surface area (Å²) in [5.41, 5.74) is 7.99. The Hall–Kier alpha value is -3.64. The molecule has 36 heavy (non-hydrogen) atoms. The van der Waals surface area contributed by atoms with Crippen LogP contribution in [-0.4, -0.2) is 20.8 Å². The first-order valence-corrected chi connectivity index (χ1v) is 12.8. The molecule has 1 aliphatic heterocycles. The van der Waals surface area contributed by atoms with Crippen LogP contribution in [0.25, 0.3) is 5.69 Å². The van der Waals surface area contributed by atoms with Crippen LogP contribution in [0.2, 0.25) is 0 Å². The lowest BCUT2D eigenvalue weighted by molar-refractivity contribution is 0.242. The van der Waals surface area contributed by atoms with E-state index in [-0.39, 0.29) is 18.2 Å². The molecule has 2 atom stereocenters. The molecule has 1 fully saturated rings. The first-order valence-electron chi connectivity index (χ1n) is 12.4. The van der Waals surface area contributed by atoms with Crippen LogP contribution in [0.5, 0.6) is 5.75 Å². The quantitative estimate of drug-likeness (QED) is 0.299. The maximum Gasteiger partial charge on any atom is 0.174 e. The number of anilines is 1. The fraction of sp³-hybridized carbons (Fsp3) is 0.267. The minimum atomic E-state index is -0.0863. The zero-order valence-corrected chi connectivity index (χ0v) is 22.2. The average Bonchev–Trinajstić information content (AvgIpc) is 3.35. The van der Waals surface area contributed by atoms with Crippen molar-refractivity contribution in [3.8, 4) is 11.4 Å². The largest absolute Gasteiger partial charge is 0.491 e. The van der Waals surface area contributed by atoms with Gasteiger partial charge in [0.15, 0.2) is 5.11 Å². The molecule has 0 amide bonds. The summed E-state index contributed by atoms with van der Waals surface area (Å²) in [4.78, 5) is 6.92. The number of aryl methyl sites for hydroxylation is 2. The summed E-state index contributed by atoms with van der Waals surface area (Å²) in [5.74, 6) is 0.849. The molecule has 1 N–H and O–H groups in total. The van der Waals surface area contributed by atoms with Gasteiger partial charge in [0.1, 0.15) is 5.75 Å². The Labute approximate surface area is 218 Å². The van der Waals surface area contributed by atoms with E-state index in [1.165, 1.54) is 28.2 Å². The third-order valence-electron chi connectivity index (χ3n) is 6.63. The van der Waals surface area contributed by atoms with Gasteiger partial charge in [-0.25, -0.2) is 0 Å². The third-order valence-corrected chi connectivity index (χ3v) is 6.95. The van der Waals surface area contributed by atoms with Crippen molar-refractivity contribution in [1.82, 2.24) is 14.9 Å². The lowest BCUT2D eigenvalue weighted by atomic mass is 9.96. The maximum absolute atomic E-state index is 5.92. The number of pyridine rings is 1. The second-order valence-corrected chi connectivity index (χ2v) is 10.0. The molecule has 0 radical (unpaired) electrons. The minimum absolute atomic E-state index is 0.0611. The highest BCUT2D eigenvalue weighted by atomic mass is 32.1. The summed E-state index contributed by atoms with van der Waals surface area (Å²) >= 11 is 5.92. The highest BCUT2D eigenvalue weighted by Crippen LogP contribution is 2.44. The second kappa shape index (κ2) is 9.78. The van der Waals surface area contributed by atoms with Gasteiger partial charge in [0, 0.05) is 29.0 Å². The first-order chi connectivity index (χ1) is 17.3. The Bertz CT molecular complexity index is 1380. The minimum Gasteiger partial charge on any atom is -0.491 e. The Morgan fingerprint density at radius 1 is 0.917 bits per heavy atom. The smallest absolute Gasteiger partial charge is 0.174 e. The van der Waals surface area contributed by atoms with Gasteiger partial charge >= 0.3 is 0 Å². The zero-order valence-electron chi connectivity index (χ0n) is 21.4. The summed E-state index contributed by atoms with van der Waals surface area (Å²) in [7, 11) is 0. The normalized spacial score (nSPS) is 17.5. The van der Waals surface area contributed by atoms with Crippen molar-refractivity contribution < 1.29 is 4.74 Å². The van der Waals surface area contributed by atoms with Crippen LogP contribution in [0.3, 0.4) is 0 Å². The van der Waals surface area contributed by atoms with Gasteiger partial charge in [-0.3, -0.25) is 4.98 Å². The van der Waals surface area contributed by atoms with Crippen molar-refractivity contribution in [2.75, 3.05) is 4.90 Å². The lowest BCUT2D eigenvalue weighted by Gasteiger charge is -2.28. The predicted molar refractivity (Wildman–Crippen MR) is 150 cm³/mol. The summed E-state index contributed by atoms with van der Waals surface area (Å²) in [6, 6.07) is 25.0. The summed E-state index contributed by atoms with van der Waals surface area (Å²) in [6.45, 7) is 10.6. The van der Waals surface area contributed by atoms with Crippen molar-refractivity contribution in [2.24, 2.45) is 0 Å². The van der Waals surface area contributed by atoms with E-state index in [9.17, 15) is 0 Å². The Morgan fingerprint density at radius 2 is 1.69 bits per heavy atom. The van der Waals surface area contributed by atoms with Crippen molar-refractivity contribution in [2.45, 2.75) is 52.8 Å². The molecule has 3 heterocycles. The predicted octanol–water partition coefficient (Wildman–Crippen LogP) is 6.76. The SMILES string of the molecule is Cc1cccc(-n2c(C)cc(C3C(c4ccccn4)NC(=S)N3c3ccc(OC(C)C)cc3)c2C)c1. The first kappa shape index (κ1) is 24.1. The summed E-state index contributed by atoms with van der Waals surface area (Å²) in [6.07, 6.45) is 1.96. The molecule has 5 nitrogen and oxygen atoms in total. The van der Waals surface area contributed by atoms with E-state index in [1.54, 1.807) is 0 Å². The third kappa shape index (κ3) is 4.49. The number of thiocarbonyl (C=S) groups is 1. The molecular formula is C30H32N4OS. The van der Waals surface area contributed by atoms with Gasteiger partial charge in [0.25, 0.3) is 0 Å². The molecule has 0 spiro atoms. The number of nitrogens with one attached hydrogen (secondary N) is 1. The average molecular weight is 497 g/mol. The molecule has 2 aromatic heterocycles. The van der Waals surface area contributed by atoms with E-state index in [1.807, 2.05) is 44.3 Å². The molecular weight excluding hydrogens is 464 g/mol. The highest BCUT2D eigenvalue weighted by molar-refractivity contribution is 7.80. The number of benzene rings is 2. The van der Waals surface area contributed by atoms with E-state index in [0.717, 1.165) is 17.1 Å². The molecule has 5 rings (SSSR count). The van der Waals surface area contributed by atoms with Crippen LogP contribution in [0.15, 0.2) is 79.0 Å². The van der Waals surface area contributed by atoms with Gasteiger partial charge in [-0.05, 0) is 113 Å². The van der Waals surface area contributed by atoms with Gasteiger partial charge in [0.05, 0.1) is 23.9 Å². The fourth-order valence-electron chi connectivity index (χ4n) is 5.16. The molecule has 2 unspecified atom stereocenters. The fourth-order valence-corrected chi connectivity index (χ4v) is 5.50. The van der Waals surface area contributed by atoms with Crippen LogP contribution in [0.1, 0.15) is 54.1 Å². The Morgan fingerprint density at radius 3 is 2.36 bits per heavy atom. The van der Waals surface area contributed by atoms with E-state index in [4.69, 9.17) is 21.9 Å². The van der Waals surface area contributed by atoms with Gasteiger partial charge in [-0.2, -0.15) is 0 Å². The topological polar surface area (TPSA) is 42.3 Å². The van der Waals surface area contributed by atoms with Crippen molar-refractivity contribution >= 4 is 23.0 Å². The number of hydrogen-bond acceptors (Lipinski definition) is 3. The standard InChI is InChI=1S/C30H32N4OS/c1-19(2)35-25-14-12-23(13-15-25)34-29(28(32-30(34)36)27-11-6-7-16-31-27)26-18-21(4)33(22(26)5)24-10-8-9-20(3)17-24/h6-19,28-29H,1-5H3,(H,32,36). The van der Waals surface area contributed by atoms with Gasteiger partial charge in [-0.1, -0.05) is 18.2 Å². The van der Waals surface area contributed by atoms with E-state index in [0.29, 0.717) is 5.11 Å². The second-order valence-electron chi connectivity index (χ2n) is 9.66. The zero-order chi connectivity index (χ0) is 25.4. The van der Waals surface area contributed by atoms with Crippen molar-refractivity contribution in [1.29, 1.82) is 0 Å². The van der Waals surface area contributed by atoms with E-state index >= 15 is 0 Å².